The van der Waals surface area contributed by atoms with Gasteiger partial charge in [0.05, 0.1) is 30.0 Å². The molecule has 0 aromatic heterocycles. The van der Waals surface area contributed by atoms with E-state index >= 15 is 0 Å². The van der Waals surface area contributed by atoms with Gasteiger partial charge in [0.1, 0.15) is 11.5 Å². The van der Waals surface area contributed by atoms with Crippen LogP contribution in [0.15, 0.2) is 48.5 Å². The minimum atomic E-state index is -0.747. The third-order valence-corrected chi connectivity index (χ3v) is 4.43. The van der Waals surface area contributed by atoms with Gasteiger partial charge in [0.25, 0.3) is 0 Å². The number of phenolic OH excluding ortho intramolecular Hbond substituents is 1. The van der Waals surface area contributed by atoms with Crippen molar-refractivity contribution in [3.63, 3.8) is 0 Å². The van der Waals surface area contributed by atoms with Crippen LogP contribution >= 0.6 is 0 Å². The van der Waals surface area contributed by atoms with Crippen molar-refractivity contribution in [2.75, 3.05) is 13.2 Å². The number of benzene rings is 2. The molecular weight excluding hydrogens is 356 g/mol. The molecule has 0 fully saturated rings. The Morgan fingerprint density at radius 2 is 1.64 bits per heavy atom. The zero-order chi connectivity index (χ0) is 20.8. The second-order valence-corrected chi connectivity index (χ2v) is 8.14. The molecule has 0 spiro atoms. The first-order chi connectivity index (χ1) is 13.1. The van der Waals surface area contributed by atoms with Crippen LogP contribution in [0.3, 0.4) is 0 Å². The van der Waals surface area contributed by atoms with Gasteiger partial charge >= 0.3 is 0 Å². The van der Waals surface area contributed by atoms with Crippen LogP contribution < -0.4 is 4.74 Å². The van der Waals surface area contributed by atoms with Gasteiger partial charge in [0.15, 0.2) is 5.78 Å². The zero-order valence-corrected chi connectivity index (χ0v) is 17.1. The quantitative estimate of drug-likeness (QED) is 0.594. The molecule has 0 unspecified atom stereocenters. The van der Waals surface area contributed by atoms with E-state index in [1.54, 1.807) is 50.2 Å². The highest BCUT2D eigenvalue weighted by Crippen LogP contribution is 2.26. The summed E-state index contributed by atoms with van der Waals surface area (Å²) in [7, 11) is 0. The fourth-order valence-electron chi connectivity index (χ4n) is 2.60. The Bertz CT molecular complexity index is 775. The molecule has 0 bridgehead atoms. The van der Waals surface area contributed by atoms with Crippen molar-refractivity contribution >= 4 is 5.78 Å². The summed E-state index contributed by atoms with van der Waals surface area (Å²) >= 11 is 0. The zero-order valence-electron chi connectivity index (χ0n) is 17.1. The number of carbonyl (C=O) groups is 1. The van der Waals surface area contributed by atoms with Crippen molar-refractivity contribution < 1.29 is 24.5 Å². The van der Waals surface area contributed by atoms with E-state index < -0.39 is 11.2 Å². The first-order valence-electron chi connectivity index (χ1n) is 9.49. The maximum atomic E-state index is 12.5. The Morgan fingerprint density at radius 1 is 0.964 bits per heavy atom. The van der Waals surface area contributed by atoms with E-state index in [-0.39, 0.29) is 17.1 Å². The average Bonchev–Trinajstić information content (AvgIpc) is 2.60. The Labute approximate surface area is 166 Å². The third-order valence-electron chi connectivity index (χ3n) is 4.43. The molecular formula is C23H30O5. The number of rotatable bonds is 10. The van der Waals surface area contributed by atoms with Crippen molar-refractivity contribution in [1.82, 2.24) is 0 Å². The molecule has 0 saturated heterocycles. The topological polar surface area (TPSA) is 76.0 Å². The number of hydrogen-bond donors (Lipinski definition) is 2. The van der Waals surface area contributed by atoms with E-state index in [0.717, 1.165) is 0 Å². The number of carbonyl (C=O) groups excluding carboxylic acids is 1. The second kappa shape index (κ2) is 9.22. The maximum Gasteiger partial charge on any atom is 0.196 e. The predicted molar refractivity (Wildman–Crippen MR) is 109 cm³/mol. The van der Waals surface area contributed by atoms with Crippen LogP contribution in [-0.2, 0) is 4.74 Å². The summed E-state index contributed by atoms with van der Waals surface area (Å²) in [5.74, 6) is 0.160. The number of aromatic hydroxyl groups is 1. The number of aliphatic hydroxyl groups is 1. The molecule has 5 heteroatoms. The fourth-order valence-corrected chi connectivity index (χ4v) is 2.60. The van der Waals surface area contributed by atoms with Crippen molar-refractivity contribution in [3.8, 4) is 11.5 Å². The molecule has 2 N–H and O–H groups in total. The Hall–Kier alpha value is -2.37. The SMILES string of the molecule is CC(C)(O)CCOC(C)(C)CCOc1ccc(C(=O)c2ccccc2)c(O)c1. The van der Waals surface area contributed by atoms with Gasteiger partial charge < -0.3 is 19.7 Å². The van der Waals surface area contributed by atoms with Gasteiger partial charge in [-0.05, 0) is 46.2 Å². The second-order valence-electron chi connectivity index (χ2n) is 8.14. The van der Waals surface area contributed by atoms with Crippen molar-refractivity contribution in [2.45, 2.75) is 51.7 Å². The molecule has 28 heavy (non-hydrogen) atoms. The van der Waals surface area contributed by atoms with Gasteiger partial charge in [0, 0.05) is 18.1 Å². The summed E-state index contributed by atoms with van der Waals surface area (Å²) in [6, 6.07) is 13.5. The fraction of sp³-hybridized carbons (Fsp3) is 0.435. The first-order valence-corrected chi connectivity index (χ1v) is 9.49. The van der Waals surface area contributed by atoms with Gasteiger partial charge in [-0.25, -0.2) is 0 Å². The molecule has 0 amide bonds. The summed E-state index contributed by atoms with van der Waals surface area (Å²) in [4.78, 5) is 12.5. The molecule has 0 aliphatic rings. The smallest absolute Gasteiger partial charge is 0.196 e. The average molecular weight is 386 g/mol. The lowest BCUT2D eigenvalue weighted by atomic mass is 10.0. The minimum Gasteiger partial charge on any atom is -0.507 e. The number of ether oxygens (including phenoxy) is 2. The van der Waals surface area contributed by atoms with Crippen LogP contribution in [0.4, 0.5) is 0 Å². The monoisotopic (exact) mass is 386 g/mol. The van der Waals surface area contributed by atoms with Gasteiger partial charge in [-0.3, -0.25) is 4.79 Å². The Kier molecular flexibility index (Phi) is 7.22. The molecule has 2 rings (SSSR count). The van der Waals surface area contributed by atoms with E-state index in [2.05, 4.69) is 0 Å². The highest BCUT2D eigenvalue weighted by molar-refractivity contribution is 6.10. The molecule has 2 aromatic rings. The van der Waals surface area contributed by atoms with E-state index in [0.29, 0.717) is 37.4 Å². The predicted octanol–water partition coefficient (Wildman–Crippen LogP) is 4.35. The maximum absolute atomic E-state index is 12.5. The van der Waals surface area contributed by atoms with E-state index in [9.17, 15) is 15.0 Å². The molecule has 152 valence electrons. The van der Waals surface area contributed by atoms with Crippen LogP contribution in [0.1, 0.15) is 56.5 Å². The van der Waals surface area contributed by atoms with Gasteiger partial charge in [0.2, 0.25) is 0 Å². The van der Waals surface area contributed by atoms with E-state index in [1.165, 1.54) is 6.07 Å². The first kappa shape index (κ1) is 21.9. The van der Waals surface area contributed by atoms with Crippen LogP contribution in [0.25, 0.3) is 0 Å². The number of phenols is 1. The summed E-state index contributed by atoms with van der Waals surface area (Å²) in [5, 5.41) is 20.0. The van der Waals surface area contributed by atoms with Gasteiger partial charge in [-0.15, -0.1) is 0 Å². The molecule has 2 aromatic carbocycles. The van der Waals surface area contributed by atoms with Crippen molar-refractivity contribution in [1.29, 1.82) is 0 Å². The van der Waals surface area contributed by atoms with Crippen molar-refractivity contribution in [3.05, 3.63) is 59.7 Å². The van der Waals surface area contributed by atoms with Crippen LogP contribution in [-0.4, -0.2) is 40.4 Å². The molecule has 0 heterocycles. The largest absolute Gasteiger partial charge is 0.507 e. The standard InChI is InChI=1S/C23H30O5/c1-22(2,26)12-15-28-23(3,4)13-14-27-18-10-11-19(20(24)16-18)21(25)17-8-6-5-7-9-17/h5-11,16,24,26H,12-15H2,1-4H3. The molecule has 0 atom stereocenters. The highest BCUT2D eigenvalue weighted by Gasteiger charge is 2.21. The van der Waals surface area contributed by atoms with Gasteiger partial charge in [-0.2, -0.15) is 0 Å². The molecule has 0 aliphatic carbocycles. The summed E-state index contributed by atoms with van der Waals surface area (Å²) in [6.07, 6.45) is 1.20. The summed E-state index contributed by atoms with van der Waals surface area (Å²) in [5.41, 5.74) is -0.371. The van der Waals surface area contributed by atoms with E-state index in [1.807, 2.05) is 19.9 Å². The molecule has 0 radical (unpaired) electrons. The molecule has 0 saturated carbocycles. The van der Waals surface area contributed by atoms with Gasteiger partial charge in [-0.1, -0.05) is 30.3 Å². The minimum absolute atomic E-state index is 0.105. The van der Waals surface area contributed by atoms with Crippen LogP contribution in [0, 0.1) is 0 Å². The van der Waals surface area contributed by atoms with Crippen LogP contribution in [0.5, 0.6) is 11.5 Å². The highest BCUT2D eigenvalue weighted by atomic mass is 16.5. The molecule has 5 nitrogen and oxygen atoms in total. The Morgan fingerprint density at radius 3 is 2.25 bits per heavy atom. The summed E-state index contributed by atoms with van der Waals surface area (Å²) < 4.78 is 11.5. The normalized spacial score (nSPS) is 12.0. The van der Waals surface area contributed by atoms with E-state index in [4.69, 9.17) is 9.47 Å². The number of hydrogen-bond acceptors (Lipinski definition) is 5. The number of ketones is 1. The third kappa shape index (κ3) is 6.98. The lowest BCUT2D eigenvalue weighted by molar-refractivity contribution is -0.0546. The Balaban J connectivity index is 1.88. The molecule has 0 aliphatic heterocycles. The van der Waals surface area contributed by atoms with Crippen LogP contribution in [0.2, 0.25) is 0 Å². The lowest BCUT2D eigenvalue weighted by Crippen LogP contribution is -2.30. The summed E-state index contributed by atoms with van der Waals surface area (Å²) in [6.45, 7) is 8.32. The van der Waals surface area contributed by atoms with Crippen molar-refractivity contribution in [2.24, 2.45) is 0 Å². The lowest BCUT2D eigenvalue weighted by Gasteiger charge is -2.27.